The summed E-state index contributed by atoms with van der Waals surface area (Å²) in [5.74, 6) is 0.734. The van der Waals surface area contributed by atoms with E-state index < -0.39 is 0 Å². The molecule has 0 aromatic heterocycles. The van der Waals surface area contributed by atoms with Crippen LogP contribution in [0.3, 0.4) is 0 Å². The maximum Gasteiger partial charge on any atom is 0.0429 e. The molecule has 3 nitrogen and oxygen atoms in total. The third-order valence-corrected chi connectivity index (χ3v) is 5.69. The molecule has 3 heteroatoms. The summed E-state index contributed by atoms with van der Waals surface area (Å²) >= 11 is 0. The summed E-state index contributed by atoms with van der Waals surface area (Å²) in [5.41, 5.74) is 4.44. The average molecular weight is 328 g/mol. The van der Waals surface area contributed by atoms with Crippen molar-refractivity contribution in [3.05, 3.63) is 47.7 Å². The lowest BCUT2D eigenvalue weighted by atomic mass is 9.86. The van der Waals surface area contributed by atoms with Crippen LogP contribution in [0.5, 0.6) is 0 Å². The SMILES string of the molecule is C=C1CCCN1Cc1ccccc1C1CCN(CCCNC)CC1. The van der Waals surface area contributed by atoms with Crippen molar-refractivity contribution < 1.29 is 0 Å². The predicted octanol–water partition coefficient (Wildman–Crippen LogP) is 3.59. The highest BCUT2D eigenvalue weighted by molar-refractivity contribution is 5.31. The zero-order valence-electron chi connectivity index (χ0n) is 15.3. The second-order valence-corrected chi connectivity index (χ2v) is 7.36. The lowest BCUT2D eigenvalue weighted by molar-refractivity contribution is 0.209. The van der Waals surface area contributed by atoms with E-state index in [9.17, 15) is 0 Å². The summed E-state index contributed by atoms with van der Waals surface area (Å²) in [6, 6.07) is 9.12. The Bertz CT molecular complexity index is 532. The normalized spacial score (nSPS) is 20.0. The number of nitrogens with one attached hydrogen (secondary N) is 1. The molecule has 1 aromatic rings. The minimum atomic E-state index is 0.734. The van der Waals surface area contributed by atoms with Gasteiger partial charge in [0, 0.05) is 18.8 Å². The molecular formula is C21H33N3. The molecule has 2 saturated heterocycles. The van der Waals surface area contributed by atoms with Crippen molar-refractivity contribution in [3.63, 3.8) is 0 Å². The molecule has 132 valence electrons. The number of nitrogens with zero attached hydrogens (tertiary/aromatic N) is 2. The fourth-order valence-corrected chi connectivity index (χ4v) is 4.21. The summed E-state index contributed by atoms with van der Waals surface area (Å²) < 4.78 is 0. The summed E-state index contributed by atoms with van der Waals surface area (Å²) in [5, 5.41) is 3.25. The molecule has 0 unspecified atom stereocenters. The molecule has 0 bridgehead atoms. The van der Waals surface area contributed by atoms with Gasteiger partial charge >= 0.3 is 0 Å². The van der Waals surface area contributed by atoms with E-state index in [-0.39, 0.29) is 0 Å². The van der Waals surface area contributed by atoms with Crippen LogP contribution >= 0.6 is 0 Å². The molecule has 0 atom stereocenters. The van der Waals surface area contributed by atoms with Crippen LogP contribution in [-0.2, 0) is 6.54 Å². The quantitative estimate of drug-likeness (QED) is 0.772. The van der Waals surface area contributed by atoms with Gasteiger partial charge in [0.05, 0.1) is 0 Å². The first-order valence-corrected chi connectivity index (χ1v) is 9.65. The maximum absolute atomic E-state index is 4.23. The number of benzene rings is 1. The first kappa shape index (κ1) is 17.5. The molecule has 0 spiro atoms. The number of allylic oxidation sites excluding steroid dienone is 1. The van der Waals surface area contributed by atoms with Gasteiger partial charge in [-0.25, -0.2) is 0 Å². The summed E-state index contributed by atoms with van der Waals surface area (Å²) in [7, 11) is 2.04. The van der Waals surface area contributed by atoms with Crippen LogP contribution in [0.15, 0.2) is 36.5 Å². The molecule has 1 N–H and O–H groups in total. The van der Waals surface area contributed by atoms with Crippen LogP contribution in [-0.4, -0.2) is 49.6 Å². The van der Waals surface area contributed by atoms with Crippen LogP contribution in [0.25, 0.3) is 0 Å². The Kier molecular flexibility index (Phi) is 6.33. The number of rotatable bonds is 7. The van der Waals surface area contributed by atoms with E-state index in [1.807, 2.05) is 7.05 Å². The van der Waals surface area contributed by atoms with Crippen molar-refractivity contribution in [2.45, 2.75) is 44.6 Å². The molecule has 24 heavy (non-hydrogen) atoms. The number of hydrogen-bond donors (Lipinski definition) is 1. The van der Waals surface area contributed by atoms with E-state index in [0.29, 0.717) is 0 Å². The summed E-state index contributed by atoms with van der Waals surface area (Å²) in [6.07, 6.45) is 6.31. The molecule has 0 radical (unpaired) electrons. The summed E-state index contributed by atoms with van der Waals surface area (Å²) in [4.78, 5) is 5.12. The largest absolute Gasteiger partial charge is 0.371 e. The summed E-state index contributed by atoms with van der Waals surface area (Å²) in [6.45, 7) is 11.3. The standard InChI is InChI=1S/C21H33N3/c1-18-7-5-14-24(18)17-20-8-3-4-9-21(20)19-10-15-23(16-11-19)13-6-12-22-2/h3-4,8-9,19,22H,1,5-7,10-17H2,2H3. The average Bonchev–Trinajstić information content (AvgIpc) is 3.01. The minimum Gasteiger partial charge on any atom is -0.371 e. The number of likely N-dealkylation sites (tertiary alicyclic amines) is 2. The van der Waals surface area contributed by atoms with E-state index >= 15 is 0 Å². The zero-order chi connectivity index (χ0) is 16.8. The molecule has 0 aliphatic carbocycles. The van der Waals surface area contributed by atoms with Gasteiger partial charge in [-0.2, -0.15) is 0 Å². The van der Waals surface area contributed by atoms with Crippen LogP contribution in [0, 0.1) is 0 Å². The third-order valence-electron chi connectivity index (χ3n) is 5.69. The van der Waals surface area contributed by atoms with Crippen molar-refractivity contribution in [3.8, 4) is 0 Å². The predicted molar refractivity (Wildman–Crippen MR) is 102 cm³/mol. The lowest BCUT2D eigenvalue weighted by Crippen LogP contribution is -2.35. The molecule has 1 aromatic carbocycles. The van der Waals surface area contributed by atoms with E-state index in [0.717, 1.165) is 19.0 Å². The van der Waals surface area contributed by atoms with Gasteiger partial charge in [0.1, 0.15) is 0 Å². The van der Waals surface area contributed by atoms with Crippen molar-refractivity contribution in [2.24, 2.45) is 0 Å². The van der Waals surface area contributed by atoms with E-state index in [4.69, 9.17) is 0 Å². The molecule has 2 aliphatic rings. The third kappa shape index (κ3) is 4.40. The first-order valence-electron chi connectivity index (χ1n) is 9.65. The number of piperidine rings is 1. The fourth-order valence-electron chi connectivity index (χ4n) is 4.21. The first-order chi connectivity index (χ1) is 11.8. The Balaban J connectivity index is 1.58. The second-order valence-electron chi connectivity index (χ2n) is 7.36. The van der Waals surface area contributed by atoms with E-state index in [2.05, 4.69) is 46.0 Å². The van der Waals surface area contributed by atoms with Gasteiger partial charge in [0.25, 0.3) is 0 Å². The van der Waals surface area contributed by atoms with Gasteiger partial charge in [-0.3, -0.25) is 0 Å². The smallest absolute Gasteiger partial charge is 0.0429 e. The van der Waals surface area contributed by atoms with Crippen LogP contribution in [0.2, 0.25) is 0 Å². The lowest BCUT2D eigenvalue weighted by Gasteiger charge is -2.33. The van der Waals surface area contributed by atoms with Crippen molar-refractivity contribution >= 4 is 0 Å². The van der Waals surface area contributed by atoms with Crippen molar-refractivity contribution in [2.75, 3.05) is 39.8 Å². The van der Waals surface area contributed by atoms with Gasteiger partial charge in [0.2, 0.25) is 0 Å². The van der Waals surface area contributed by atoms with Gasteiger partial charge in [0.15, 0.2) is 0 Å². The zero-order valence-corrected chi connectivity index (χ0v) is 15.3. The van der Waals surface area contributed by atoms with Gasteiger partial charge in [-0.1, -0.05) is 30.8 Å². The fraction of sp³-hybridized carbons (Fsp3) is 0.619. The molecule has 2 aliphatic heterocycles. The topological polar surface area (TPSA) is 18.5 Å². The second kappa shape index (κ2) is 8.68. The highest BCUT2D eigenvalue weighted by Crippen LogP contribution is 2.32. The minimum absolute atomic E-state index is 0.734. The Morgan fingerprint density at radius 2 is 1.96 bits per heavy atom. The molecule has 3 rings (SSSR count). The highest BCUT2D eigenvalue weighted by atomic mass is 15.1. The van der Waals surface area contributed by atoms with Crippen LogP contribution in [0.4, 0.5) is 0 Å². The molecule has 0 amide bonds. The van der Waals surface area contributed by atoms with Crippen molar-refractivity contribution in [1.29, 1.82) is 0 Å². The highest BCUT2D eigenvalue weighted by Gasteiger charge is 2.23. The van der Waals surface area contributed by atoms with Gasteiger partial charge < -0.3 is 15.1 Å². The van der Waals surface area contributed by atoms with Crippen LogP contribution < -0.4 is 5.32 Å². The van der Waals surface area contributed by atoms with Crippen molar-refractivity contribution in [1.82, 2.24) is 15.1 Å². The van der Waals surface area contributed by atoms with E-state index in [1.54, 1.807) is 5.56 Å². The van der Waals surface area contributed by atoms with Gasteiger partial charge in [-0.15, -0.1) is 0 Å². The Morgan fingerprint density at radius 1 is 1.17 bits per heavy atom. The number of hydrogen-bond acceptors (Lipinski definition) is 3. The van der Waals surface area contributed by atoms with Crippen LogP contribution in [0.1, 0.15) is 49.1 Å². The monoisotopic (exact) mass is 327 g/mol. The molecule has 2 fully saturated rings. The Hall–Kier alpha value is -1.32. The Labute approximate surface area is 147 Å². The Morgan fingerprint density at radius 3 is 2.67 bits per heavy atom. The van der Waals surface area contributed by atoms with E-state index in [1.165, 1.54) is 69.5 Å². The van der Waals surface area contributed by atoms with Gasteiger partial charge in [-0.05, 0) is 82.4 Å². The molecule has 2 heterocycles. The molecular weight excluding hydrogens is 294 g/mol. The maximum atomic E-state index is 4.23. The molecule has 0 saturated carbocycles.